The van der Waals surface area contributed by atoms with Crippen molar-refractivity contribution in [1.29, 1.82) is 0 Å². The van der Waals surface area contributed by atoms with E-state index in [1.807, 2.05) is 11.9 Å². The molecule has 15 heavy (non-hydrogen) atoms. The van der Waals surface area contributed by atoms with E-state index in [4.69, 9.17) is 0 Å². The number of nitrogens with zero attached hydrogens (tertiary/aromatic N) is 1. The smallest absolute Gasteiger partial charge is 0.317 e. The highest BCUT2D eigenvalue weighted by molar-refractivity contribution is 5.74. The van der Waals surface area contributed by atoms with Gasteiger partial charge in [0.25, 0.3) is 0 Å². The molecule has 1 aliphatic carbocycles. The van der Waals surface area contributed by atoms with Crippen molar-refractivity contribution in [2.24, 2.45) is 5.92 Å². The monoisotopic (exact) mass is 212 g/mol. The lowest BCUT2D eigenvalue weighted by Gasteiger charge is -2.29. The Kier molecular flexibility index (Phi) is 4.43. The highest BCUT2D eigenvalue weighted by atomic mass is 16.2. The molecule has 0 aromatic heterocycles. The van der Waals surface area contributed by atoms with Gasteiger partial charge in [0, 0.05) is 19.1 Å². The molecule has 1 rings (SSSR count). The van der Waals surface area contributed by atoms with E-state index in [0.29, 0.717) is 18.0 Å². The van der Waals surface area contributed by atoms with Gasteiger partial charge in [-0.25, -0.2) is 4.79 Å². The van der Waals surface area contributed by atoms with Gasteiger partial charge in [-0.3, -0.25) is 0 Å². The van der Waals surface area contributed by atoms with Gasteiger partial charge in [-0.15, -0.1) is 0 Å². The van der Waals surface area contributed by atoms with Crippen molar-refractivity contribution >= 4 is 6.03 Å². The fraction of sp³-hybridized carbons (Fsp3) is 0.917. The molecular formula is C12H24N2O. The molecular weight excluding hydrogens is 188 g/mol. The summed E-state index contributed by atoms with van der Waals surface area (Å²) in [5.41, 5.74) is 0. The molecule has 1 aliphatic rings. The van der Waals surface area contributed by atoms with Gasteiger partial charge in [0.1, 0.15) is 0 Å². The first-order valence-corrected chi connectivity index (χ1v) is 6.05. The van der Waals surface area contributed by atoms with Crippen molar-refractivity contribution in [3.05, 3.63) is 0 Å². The normalized spacial score (nSPS) is 19.3. The number of nitrogens with one attached hydrogen (secondary N) is 1. The van der Waals surface area contributed by atoms with Crippen LogP contribution in [0, 0.1) is 5.92 Å². The van der Waals surface area contributed by atoms with E-state index in [1.54, 1.807) is 0 Å². The van der Waals surface area contributed by atoms with E-state index in [1.165, 1.54) is 12.8 Å². The lowest BCUT2D eigenvalue weighted by molar-refractivity contribution is 0.176. The predicted molar refractivity (Wildman–Crippen MR) is 62.9 cm³/mol. The SMILES string of the molecule is CC(C)C(C)N(C)C(=O)NC1CCCC1. The summed E-state index contributed by atoms with van der Waals surface area (Å²) in [6.07, 6.45) is 4.81. The summed E-state index contributed by atoms with van der Waals surface area (Å²) in [5.74, 6) is 0.504. The van der Waals surface area contributed by atoms with Crippen LogP contribution in [0.25, 0.3) is 0 Å². The average Bonchev–Trinajstić information content (AvgIpc) is 2.67. The Labute approximate surface area is 93.2 Å². The Bertz CT molecular complexity index is 210. The second kappa shape index (κ2) is 5.38. The zero-order valence-corrected chi connectivity index (χ0v) is 10.4. The third-order valence-electron chi connectivity index (χ3n) is 3.58. The van der Waals surface area contributed by atoms with Crippen LogP contribution in [-0.4, -0.2) is 30.1 Å². The fourth-order valence-electron chi connectivity index (χ4n) is 1.98. The maximum atomic E-state index is 11.9. The molecule has 1 saturated carbocycles. The van der Waals surface area contributed by atoms with E-state index in [2.05, 4.69) is 26.1 Å². The predicted octanol–water partition coefficient (Wildman–Crippen LogP) is 2.61. The number of amides is 2. The van der Waals surface area contributed by atoms with E-state index < -0.39 is 0 Å². The summed E-state index contributed by atoms with van der Waals surface area (Å²) in [7, 11) is 1.88. The first kappa shape index (κ1) is 12.3. The molecule has 1 N–H and O–H groups in total. The topological polar surface area (TPSA) is 32.3 Å². The molecule has 0 heterocycles. The summed E-state index contributed by atoms with van der Waals surface area (Å²) in [5, 5.41) is 3.10. The third-order valence-corrected chi connectivity index (χ3v) is 3.58. The molecule has 1 atom stereocenters. The van der Waals surface area contributed by atoms with Crippen LogP contribution in [0.15, 0.2) is 0 Å². The van der Waals surface area contributed by atoms with Crippen molar-refractivity contribution in [1.82, 2.24) is 10.2 Å². The van der Waals surface area contributed by atoms with E-state index in [9.17, 15) is 4.79 Å². The zero-order valence-electron chi connectivity index (χ0n) is 10.4. The molecule has 0 bridgehead atoms. The van der Waals surface area contributed by atoms with Crippen LogP contribution < -0.4 is 5.32 Å². The molecule has 0 spiro atoms. The highest BCUT2D eigenvalue weighted by Gasteiger charge is 2.22. The Balaban J connectivity index is 2.38. The maximum Gasteiger partial charge on any atom is 0.317 e. The van der Waals surface area contributed by atoms with Gasteiger partial charge in [-0.2, -0.15) is 0 Å². The number of carbonyl (C=O) groups excluding carboxylic acids is 1. The quantitative estimate of drug-likeness (QED) is 0.766. The largest absolute Gasteiger partial charge is 0.335 e. The number of hydrogen-bond donors (Lipinski definition) is 1. The lowest BCUT2D eigenvalue weighted by Crippen LogP contribution is -2.47. The minimum Gasteiger partial charge on any atom is -0.335 e. The van der Waals surface area contributed by atoms with Crippen molar-refractivity contribution < 1.29 is 4.79 Å². The average molecular weight is 212 g/mol. The molecule has 0 saturated heterocycles. The van der Waals surface area contributed by atoms with Crippen molar-refractivity contribution in [3.63, 3.8) is 0 Å². The fourth-order valence-corrected chi connectivity index (χ4v) is 1.98. The van der Waals surface area contributed by atoms with Crippen LogP contribution in [-0.2, 0) is 0 Å². The first-order valence-electron chi connectivity index (χ1n) is 6.05. The Morgan fingerprint density at radius 2 is 1.80 bits per heavy atom. The van der Waals surface area contributed by atoms with Crippen molar-refractivity contribution in [3.8, 4) is 0 Å². The standard InChI is InChI=1S/C12H24N2O/c1-9(2)10(3)14(4)12(15)13-11-7-5-6-8-11/h9-11H,5-8H2,1-4H3,(H,13,15). The molecule has 1 fully saturated rings. The van der Waals surface area contributed by atoms with Gasteiger partial charge in [-0.05, 0) is 25.7 Å². The molecule has 2 amide bonds. The second-order valence-corrected chi connectivity index (χ2v) is 5.03. The van der Waals surface area contributed by atoms with Gasteiger partial charge in [0.2, 0.25) is 0 Å². The van der Waals surface area contributed by atoms with Gasteiger partial charge < -0.3 is 10.2 Å². The third kappa shape index (κ3) is 3.40. The van der Waals surface area contributed by atoms with Crippen molar-refractivity contribution in [2.75, 3.05) is 7.05 Å². The second-order valence-electron chi connectivity index (χ2n) is 5.03. The van der Waals surface area contributed by atoms with Gasteiger partial charge in [0.05, 0.1) is 0 Å². The van der Waals surface area contributed by atoms with Crippen molar-refractivity contribution in [2.45, 2.75) is 58.5 Å². The maximum absolute atomic E-state index is 11.9. The number of carbonyl (C=O) groups is 1. The van der Waals surface area contributed by atoms with Gasteiger partial charge >= 0.3 is 6.03 Å². The molecule has 0 aromatic rings. The Hall–Kier alpha value is -0.730. The van der Waals surface area contributed by atoms with Crippen LogP contribution in [0.4, 0.5) is 4.79 Å². The summed E-state index contributed by atoms with van der Waals surface area (Å²) < 4.78 is 0. The molecule has 0 aliphatic heterocycles. The minimum atomic E-state index is 0.0862. The van der Waals surface area contributed by atoms with E-state index in [0.717, 1.165) is 12.8 Å². The molecule has 88 valence electrons. The summed E-state index contributed by atoms with van der Waals surface area (Å²) in [6.45, 7) is 6.38. The molecule has 1 unspecified atom stereocenters. The van der Waals surface area contributed by atoms with E-state index >= 15 is 0 Å². The number of urea groups is 1. The molecule has 0 aromatic carbocycles. The Morgan fingerprint density at radius 1 is 1.27 bits per heavy atom. The molecule has 3 heteroatoms. The summed E-state index contributed by atoms with van der Waals surface area (Å²) >= 11 is 0. The van der Waals surface area contributed by atoms with Crippen LogP contribution in [0.5, 0.6) is 0 Å². The Morgan fingerprint density at radius 3 is 2.27 bits per heavy atom. The number of hydrogen-bond acceptors (Lipinski definition) is 1. The van der Waals surface area contributed by atoms with Gasteiger partial charge in [-0.1, -0.05) is 26.7 Å². The zero-order chi connectivity index (χ0) is 11.4. The summed E-state index contributed by atoms with van der Waals surface area (Å²) in [4.78, 5) is 13.7. The minimum absolute atomic E-state index is 0.0862. The van der Waals surface area contributed by atoms with Crippen LogP contribution >= 0.6 is 0 Å². The lowest BCUT2D eigenvalue weighted by atomic mass is 10.1. The van der Waals surface area contributed by atoms with Gasteiger partial charge in [0.15, 0.2) is 0 Å². The summed E-state index contributed by atoms with van der Waals surface area (Å²) in [6, 6.07) is 0.800. The molecule has 3 nitrogen and oxygen atoms in total. The molecule has 0 radical (unpaired) electrons. The first-order chi connectivity index (χ1) is 7.02. The van der Waals surface area contributed by atoms with E-state index in [-0.39, 0.29) is 6.03 Å². The highest BCUT2D eigenvalue weighted by Crippen LogP contribution is 2.18. The van der Waals surface area contributed by atoms with Crippen LogP contribution in [0.3, 0.4) is 0 Å². The van der Waals surface area contributed by atoms with Crippen LogP contribution in [0.2, 0.25) is 0 Å². The number of rotatable bonds is 3. The van der Waals surface area contributed by atoms with Crippen LogP contribution in [0.1, 0.15) is 46.5 Å².